The molecule has 4 heteroatoms. The van der Waals surface area contributed by atoms with Crippen LogP contribution in [0.25, 0.3) is 29.6 Å². The molecule has 0 spiro atoms. The third-order valence-corrected chi connectivity index (χ3v) is 15.1. The summed E-state index contributed by atoms with van der Waals surface area (Å²) >= 11 is 7.77. The average Bonchev–Trinajstić information content (AvgIpc) is 3.72. The maximum atomic E-state index is 2.37. The van der Waals surface area contributed by atoms with Gasteiger partial charge in [0, 0.05) is 38.3 Å². The molecule has 6 rings (SSSR count). The second kappa shape index (κ2) is 14.1. The van der Waals surface area contributed by atoms with Crippen molar-refractivity contribution in [1.29, 1.82) is 0 Å². The number of hydrogen-bond acceptors (Lipinski definition) is 4. The van der Waals surface area contributed by atoms with Gasteiger partial charge in [0.25, 0.3) is 0 Å². The zero-order valence-electron chi connectivity index (χ0n) is 34.4. The van der Waals surface area contributed by atoms with Crippen molar-refractivity contribution in [2.75, 3.05) is 0 Å². The zero-order chi connectivity index (χ0) is 37.8. The standard InChI is InChI=1S/2C16H22S.C14H20S2/c2*1-15(2,3)12-8-7-11-9-14(16(4,5)6)17-13(11)10-12;1-13(2,3)11-7-9-10(15-11)8-12(16-9)14(4,5)6/h2*7-10H,1-6H3;7-8H,1-6H3. The third-order valence-electron chi connectivity index (χ3n) is 8.94. The zero-order valence-corrected chi connectivity index (χ0v) is 37.7. The molecule has 4 aromatic heterocycles. The minimum atomic E-state index is 0.236. The Morgan fingerprint density at radius 2 is 0.540 bits per heavy atom. The lowest BCUT2D eigenvalue weighted by Crippen LogP contribution is -2.10. The fourth-order valence-corrected chi connectivity index (χ4v) is 10.1. The lowest BCUT2D eigenvalue weighted by molar-refractivity contribution is 0.591. The molecule has 0 unspecified atom stereocenters. The minimum absolute atomic E-state index is 0.236. The SMILES string of the molecule is CC(C)(C)c1cc2sc(C(C)(C)C)cc2s1.CC(C)(C)c1ccc2cc(C(C)(C)C)sc2c1.CC(C)(C)c1ccc2cc(C(C)(C)C)sc2c1. The van der Waals surface area contributed by atoms with Gasteiger partial charge in [-0.2, -0.15) is 0 Å². The molecule has 0 aliphatic rings. The maximum Gasteiger partial charge on any atom is 0.0456 e. The van der Waals surface area contributed by atoms with Gasteiger partial charge in [-0.1, -0.05) is 149 Å². The Morgan fingerprint density at radius 3 is 0.800 bits per heavy atom. The summed E-state index contributed by atoms with van der Waals surface area (Å²) in [4.78, 5) is 5.93. The van der Waals surface area contributed by atoms with E-state index >= 15 is 0 Å². The molecule has 6 aromatic rings. The first kappa shape index (κ1) is 40.8. The van der Waals surface area contributed by atoms with E-state index < -0.39 is 0 Å². The van der Waals surface area contributed by atoms with E-state index in [1.807, 2.05) is 45.3 Å². The van der Waals surface area contributed by atoms with E-state index in [9.17, 15) is 0 Å². The molecule has 0 aliphatic heterocycles. The molecule has 272 valence electrons. The smallest absolute Gasteiger partial charge is 0.0456 e. The molecule has 0 saturated heterocycles. The van der Waals surface area contributed by atoms with Crippen molar-refractivity contribution < 1.29 is 0 Å². The lowest BCUT2D eigenvalue weighted by Gasteiger charge is -2.18. The molecule has 0 bridgehead atoms. The number of fused-ring (bicyclic) bond motifs is 3. The summed E-state index contributed by atoms with van der Waals surface area (Å²) in [5, 5.41) is 2.76. The van der Waals surface area contributed by atoms with Gasteiger partial charge in [0.1, 0.15) is 0 Å². The molecule has 0 radical (unpaired) electrons. The average molecular weight is 745 g/mol. The van der Waals surface area contributed by atoms with E-state index in [-0.39, 0.29) is 32.5 Å². The van der Waals surface area contributed by atoms with E-state index in [1.54, 1.807) is 0 Å². The molecular weight excluding hydrogens is 681 g/mol. The highest BCUT2D eigenvalue weighted by molar-refractivity contribution is 7.28. The van der Waals surface area contributed by atoms with Gasteiger partial charge in [0.05, 0.1) is 0 Å². The molecule has 0 aliphatic carbocycles. The largest absolute Gasteiger partial charge is 0.140 e. The van der Waals surface area contributed by atoms with E-state index in [1.165, 1.54) is 60.2 Å². The normalized spacial score (nSPS) is 13.4. The minimum Gasteiger partial charge on any atom is -0.140 e. The van der Waals surface area contributed by atoms with Gasteiger partial charge in [-0.25, -0.2) is 0 Å². The van der Waals surface area contributed by atoms with Crippen LogP contribution < -0.4 is 0 Å². The van der Waals surface area contributed by atoms with Gasteiger partial charge >= 0.3 is 0 Å². The van der Waals surface area contributed by atoms with Crippen molar-refractivity contribution in [3.63, 3.8) is 0 Å². The van der Waals surface area contributed by atoms with Gasteiger partial charge < -0.3 is 0 Å². The van der Waals surface area contributed by atoms with Crippen LogP contribution in [0.2, 0.25) is 0 Å². The Bertz CT molecular complexity index is 1840. The van der Waals surface area contributed by atoms with Crippen molar-refractivity contribution in [1.82, 2.24) is 0 Å². The second-order valence-electron chi connectivity index (χ2n) is 20.2. The molecule has 4 heterocycles. The Morgan fingerprint density at radius 1 is 0.280 bits per heavy atom. The van der Waals surface area contributed by atoms with Crippen LogP contribution in [-0.4, -0.2) is 0 Å². The molecule has 2 aromatic carbocycles. The Hall–Kier alpha value is -1.98. The number of benzene rings is 2. The highest BCUT2D eigenvalue weighted by Crippen LogP contribution is 2.42. The van der Waals surface area contributed by atoms with Gasteiger partial charge in [-0.05, 0) is 90.8 Å². The van der Waals surface area contributed by atoms with Crippen LogP contribution >= 0.6 is 45.3 Å². The van der Waals surface area contributed by atoms with Crippen molar-refractivity contribution in [2.24, 2.45) is 0 Å². The van der Waals surface area contributed by atoms with Crippen LogP contribution in [0.5, 0.6) is 0 Å². The maximum absolute atomic E-state index is 2.37. The fourth-order valence-electron chi connectivity index (χ4n) is 5.31. The van der Waals surface area contributed by atoms with Crippen LogP contribution in [0.1, 0.15) is 155 Å². The van der Waals surface area contributed by atoms with Crippen LogP contribution in [0.15, 0.2) is 60.7 Å². The molecule has 0 fully saturated rings. The Balaban J connectivity index is 0.000000169. The monoisotopic (exact) mass is 744 g/mol. The second-order valence-corrected chi connectivity index (χ2v) is 24.5. The van der Waals surface area contributed by atoms with Crippen LogP contribution in [0.4, 0.5) is 0 Å². The lowest BCUT2D eigenvalue weighted by atomic mass is 9.87. The van der Waals surface area contributed by atoms with E-state index in [0.717, 1.165) is 0 Å². The Labute approximate surface area is 321 Å². The van der Waals surface area contributed by atoms with Gasteiger partial charge in [-0.3, -0.25) is 0 Å². The molecule has 0 atom stereocenters. The van der Waals surface area contributed by atoms with Gasteiger partial charge in [-0.15, -0.1) is 45.3 Å². The van der Waals surface area contributed by atoms with Crippen molar-refractivity contribution in [2.45, 2.75) is 157 Å². The number of thiophene rings is 4. The van der Waals surface area contributed by atoms with Crippen LogP contribution in [-0.2, 0) is 32.5 Å². The number of rotatable bonds is 0. The summed E-state index contributed by atoms with van der Waals surface area (Å²) in [7, 11) is 0. The first-order chi connectivity index (χ1) is 22.5. The van der Waals surface area contributed by atoms with Crippen molar-refractivity contribution >= 4 is 74.9 Å². The van der Waals surface area contributed by atoms with Crippen molar-refractivity contribution in [3.05, 3.63) is 91.3 Å². The molecule has 0 saturated carbocycles. The molecule has 0 amide bonds. The van der Waals surface area contributed by atoms with E-state index in [2.05, 4.69) is 185 Å². The highest BCUT2D eigenvalue weighted by Gasteiger charge is 2.23. The summed E-state index contributed by atoms with van der Waals surface area (Å²) in [6.07, 6.45) is 0. The topological polar surface area (TPSA) is 0 Å². The van der Waals surface area contributed by atoms with E-state index in [0.29, 0.717) is 0 Å². The summed E-state index contributed by atoms with van der Waals surface area (Å²) < 4.78 is 5.75. The molecule has 0 nitrogen and oxygen atoms in total. The van der Waals surface area contributed by atoms with Gasteiger partial charge in [0.15, 0.2) is 0 Å². The van der Waals surface area contributed by atoms with E-state index in [4.69, 9.17) is 0 Å². The first-order valence-corrected chi connectivity index (χ1v) is 21.4. The predicted octanol–water partition coefficient (Wildman–Crippen LogP) is 16.6. The summed E-state index contributed by atoms with van der Waals surface area (Å²) in [6.45, 7) is 41.0. The van der Waals surface area contributed by atoms with Crippen LogP contribution in [0.3, 0.4) is 0 Å². The van der Waals surface area contributed by atoms with Gasteiger partial charge in [0.2, 0.25) is 0 Å². The summed E-state index contributed by atoms with van der Waals surface area (Å²) in [5.41, 5.74) is 4.40. The molecule has 50 heavy (non-hydrogen) atoms. The summed E-state index contributed by atoms with van der Waals surface area (Å²) in [5.74, 6) is 0. The summed E-state index contributed by atoms with van der Waals surface area (Å²) in [6, 6.07) is 23.2. The fraction of sp³-hybridized carbons (Fsp3) is 0.522. The highest BCUT2D eigenvalue weighted by atomic mass is 32.1. The van der Waals surface area contributed by atoms with Crippen molar-refractivity contribution in [3.8, 4) is 0 Å². The number of hydrogen-bond donors (Lipinski definition) is 0. The molecule has 0 N–H and O–H groups in total. The third kappa shape index (κ3) is 10.1. The first-order valence-electron chi connectivity index (χ1n) is 18.2. The molecular formula is C46H64S4. The quantitative estimate of drug-likeness (QED) is 0.145. The van der Waals surface area contributed by atoms with Crippen LogP contribution in [0, 0.1) is 0 Å². The Kier molecular flexibility index (Phi) is 11.5. The predicted molar refractivity (Wildman–Crippen MR) is 236 cm³/mol.